The van der Waals surface area contributed by atoms with Gasteiger partial charge in [0.25, 0.3) is 0 Å². The van der Waals surface area contributed by atoms with Gasteiger partial charge in [-0.25, -0.2) is 0 Å². The molecule has 2 aliphatic carbocycles. The van der Waals surface area contributed by atoms with Crippen LogP contribution in [0.1, 0.15) is 17.5 Å². The average Bonchev–Trinajstić information content (AvgIpc) is 2.99. The fraction of sp³-hybridized carbons (Fsp3) is 0.304. The first-order valence-corrected chi connectivity index (χ1v) is 9.00. The molecule has 3 nitrogen and oxygen atoms in total. The molecule has 2 bridgehead atoms. The zero-order valence-corrected chi connectivity index (χ0v) is 15.9. The number of hydrogen-bond donors (Lipinski definition) is 2. The number of hydrogen-bond acceptors (Lipinski definition) is 3. The van der Waals surface area contributed by atoms with Gasteiger partial charge in [-0.05, 0) is 42.3 Å². The van der Waals surface area contributed by atoms with E-state index >= 15 is 0 Å². The normalized spacial score (nSPS) is 16.3. The molecule has 0 aliphatic heterocycles. The molecule has 2 aliphatic rings. The van der Waals surface area contributed by atoms with Gasteiger partial charge in [0.1, 0.15) is 5.76 Å². The summed E-state index contributed by atoms with van der Waals surface area (Å²) in [6.45, 7) is 3.03. The maximum absolute atomic E-state index is 9.51. The van der Waals surface area contributed by atoms with Gasteiger partial charge in [-0.15, -0.1) is 0 Å². The number of aryl methyl sites for hydroxylation is 1. The number of benzene rings is 1. The van der Waals surface area contributed by atoms with Gasteiger partial charge < -0.3 is 15.2 Å². The van der Waals surface area contributed by atoms with Crippen LogP contribution in [-0.4, -0.2) is 31.9 Å². The van der Waals surface area contributed by atoms with Gasteiger partial charge in [-0.1, -0.05) is 60.7 Å². The van der Waals surface area contributed by atoms with Crippen LogP contribution in [-0.2, 0) is 11.2 Å². The fourth-order valence-electron chi connectivity index (χ4n) is 2.90. The number of nitrogens with one attached hydrogen (secondary N) is 1. The second-order valence-electron chi connectivity index (χ2n) is 6.45. The summed E-state index contributed by atoms with van der Waals surface area (Å²) in [5.74, 6) is 0.376. The maximum Gasteiger partial charge on any atom is 0.119 e. The van der Waals surface area contributed by atoms with Crippen LogP contribution in [0.5, 0.6) is 0 Å². The predicted molar refractivity (Wildman–Crippen MR) is 109 cm³/mol. The molecule has 1 unspecified atom stereocenters. The van der Waals surface area contributed by atoms with Crippen LogP contribution in [0.15, 0.2) is 83.7 Å². The molecule has 0 fully saturated rings. The number of fused-ring (bicyclic) bond motifs is 2. The smallest absolute Gasteiger partial charge is 0.119 e. The number of allylic oxidation sites excluding steroid dienone is 9. The Bertz CT molecular complexity index is 738. The number of aliphatic hydroxyl groups is 1. The second-order valence-corrected chi connectivity index (χ2v) is 6.45. The Kier molecular flexibility index (Phi) is 8.13. The van der Waals surface area contributed by atoms with Crippen LogP contribution in [0.25, 0.3) is 0 Å². The Morgan fingerprint density at radius 3 is 2.62 bits per heavy atom. The largest absolute Gasteiger partial charge is 0.508 e. The maximum atomic E-state index is 9.51. The lowest BCUT2D eigenvalue weighted by atomic mass is 10.0. The van der Waals surface area contributed by atoms with Crippen LogP contribution >= 0.6 is 0 Å². The molecule has 0 heterocycles. The first-order valence-electron chi connectivity index (χ1n) is 9.00. The zero-order chi connectivity index (χ0) is 18.8. The Morgan fingerprint density at radius 1 is 1.12 bits per heavy atom. The molecule has 1 atom stereocenters. The van der Waals surface area contributed by atoms with Crippen molar-refractivity contribution in [3.63, 3.8) is 0 Å². The fourth-order valence-corrected chi connectivity index (χ4v) is 2.90. The highest BCUT2D eigenvalue weighted by Gasteiger charge is 2.08. The Labute approximate surface area is 157 Å². The summed E-state index contributed by atoms with van der Waals surface area (Å²) in [5.41, 5.74) is 4.93. The third-order valence-electron chi connectivity index (χ3n) is 4.48. The van der Waals surface area contributed by atoms with Crippen molar-refractivity contribution in [1.29, 1.82) is 0 Å². The molecule has 0 saturated heterocycles. The van der Waals surface area contributed by atoms with E-state index in [1.807, 2.05) is 37.4 Å². The van der Waals surface area contributed by atoms with Crippen molar-refractivity contribution in [3.8, 4) is 0 Å². The average molecular weight is 351 g/mol. The lowest BCUT2D eigenvalue weighted by molar-refractivity contribution is 0.104. The first kappa shape index (κ1) is 20.0. The minimum absolute atomic E-state index is 0.265. The van der Waals surface area contributed by atoms with Crippen LogP contribution in [0, 0.1) is 6.92 Å². The van der Waals surface area contributed by atoms with Gasteiger partial charge in [-0.3, -0.25) is 0 Å². The number of ether oxygens (including phenoxy) is 1. The van der Waals surface area contributed by atoms with Gasteiger partial charge in [0.05, 0.1) is 6.10 Å². The molecule has 0 spiro atoms. The van der Waals surface area contributed by atoms with Crippen molar-refractivity contribution >= 4 is 0 Å². The topological polar surface area (TPSA) is 41.5 Å². The summed E-state index contributed by atoms with van der Waals surface area (Å²) in [4.78, 5) is 0. The third kappa shape index (κ3) is 6.17. The zero-order valence-electron chi connectivity index (χ0n) is 15.9. The highest BCUT2D eigenvalue weighted by atomic mass is 16.5. The highest BCUT2D eigenvalue weighted by molar-refractivity contribution is 5.45. The van der Waals surface area contributed by atoms with E-state index in [1.165, 1.54) is 16.7 Å². The van der Waals surface area contributed by atoms with Crippen molar-refractivity contribution in [2.75, 3.05) is 20.7 Å². The van der Waals surface area contributed by atoms with Crippen molar-refractivity contribution in [1.82, 2.24) is 5.32 Å². The molecule has 2 N–H and O–H groups in total. The molecule has 0 aromatic heterocycles. The minimum Gasteiger partial charge on any atom is -0.508 e. The molecule has 1 aromatic rings. The lowest BCUT2D eigenvalue weighted by Gasteiger charge is -2.15. The van der Waals surface area contributed by atoms with E-state index < -0.39 is 0 Å². The summed E-state index contributed by atoms with van der Waals surface area (Å²) in [5, 5.41) is 12.6. The monoisotopic (exact) mass is 351 g/mol. The van der Waals surface area contributed by atoms with Crippen molar-refractivity contribution in [2.45, 2.75) is 25.9 Å². The van der Waals surface area contributed by atoms with Crippen LogP contribution < -0.4 is 5.32 Å². The number of methoxy groups -OCH3 is 1. The van der Waals surface area contributed by atoms with Gasteiger partial charge in [0, 0.05) is 26.5 Å². The molecule has 1 aromatic carbocycles. The van der Waals surface area contributed by atoms with Gasteiger partial charge in [0.2, 0.25) is 0 Å². The molecular formula is C23H29NO2. The summed E-state index contributed by atoms with van der Waals surface area (Å²) in [7, 11) is 3.71. The van der Waals surface area contributed by atoms with E-state index in [-0.39, 0.29) is 6.10 Å². The molecule has 0 amide bonds. The quantitative estimate of drug-likeness (QED) is 0.816. The van der Waals surface area contributed by atoms with Crippen LogP contribution in [0.3, 0.4) is 0 Å². The Balaban J connectivity index is 0.000000189. The highest BCUT2D eigenvalue weighted by Crippen LogP contribution is 2.23. The summed E-state index contributed by atoms with van der Waals surface area (Å²) in [6.07, 6.45) is 15.6. The van der Waals surface area contributed by atoms with Crippen LogP contribution in [0.2, 0.25) is 0 Å². The number of likely N-dealkylation sites (N-methyl/N-ethyl adjacent to an activating group) is 1. The standard InChI is InChI=1S/C12H19NO.C11H10O/c1-10-6-4-5-7-11(10)8-12(14-3)9-13-2;12-11-7-3-5-9-4-1-2-6-10(11)8-9/h4-7,12-13H,8-9H2,1-3H3;1-7,12H,8H2. The van der Waals surface area contributed by atoms with E-state index in [0.717, 1.165) is 25.0 Å². The van der Waals surface area contributed by atoms with E-state index in [2.05, 4.69) is 42.6 Å². The third-order valence-corrected chi connectivity index (χ3v) is 4.48. The van der Waals surface area contributed by atoms with E-state index in [9.17, 15) is 5.11 Å². The molecule has 138 valence electrons. The van der Waals surface area contributed by atoms with Crippen molar-refractivity contribution in [3.05, 3.63) is 94.8 Å². The number of rotatable bonds is 5. The summed E-state index contributed by atoms with van der Waals surface area (Å²) < 4.78 is 5.39. The lowest BCUT2D eigenvalue weighted by Crippen LogP contribution is -2.27. The van der Waals surface area contributed by atoms with Gasteiger partial charge in [-0.2, -0.15) is 0 Å². The van der Waals surface area contributed by atoms with E-state index in [4.69, 9.17) is 4.74 Å². The predicted octanol–water partition coefficient (Wildman–Crippen LogP) is 4.58. The van der Waals surface area contributed by atoms with E-state index in [0.29, 0.717) is 5.76 Å². The molecule has 26 heavy (non-hydrogen) atoms. The van der Waals surface area contributed by atoms with Crippen molar-refractivity contribution in [2.24, 2.45) is 0 Å². The Hall–Kier alpha value is -2.36. The molecule has 0 radical (unpaired) electrons. The summed E-state index contributed by atoms with van der Waals surface area (Å²) >= 11 is 0. The second kappa shape index (κ2) is 10.6. The van der Waals surface area contributed by atoms with Gasteiger partial charge >= 0.3 is 0 Å². The molecule has 3 rings (SSSR count). The SMILES string of the molecule is CNCC(Cc1ccccc1C)OC.OC1=CC=CC2=CC=CC=C1C2. The first-order chi connectivity index (χ1) is 12.6. The molecule has 0 saturated carbocycles. The molecular weight excluding hydrogens is 322 g/mol. The van der Waals surface area contributed by atoms with Crippen LogP contribution in [0.4, 0.5) is 0 Å². The number of aliphatic hydroxyl groups excluding tert-OH is 1. The van der Waals surface area contributed by atoms with Gasteiger partial charge in [0.15, 0.2) is 0 Å². The Morgan fingerprint density at radius 2 is 1.88 bits per heavy atom. The summed E-state index contributed by atoms with van der Waals surface area (Å²) in [6, 6.07) is 8.45. The molecule has 3 heteroatoms. The minimum atomic E-state index is 0.265. The van der Waals surface area contributed by atoms with E-state index in [1.54, 1.807) is 13.2 Å². The van der Waals surface area contributed by atoms with Crippen molar-refractivity contribution < 1.29 is 9.84 Å².